The molecule has 1 aliphatic carbocycles. The molecule has 5 rings (SSSR count). The third-order valence-corrected chi connectivity index (χ3v) is 6.43. The van der Waals surface area contributed by atoms with Crippen molar-refractivity contribution >= 4 is 17.3 Å². The normalized spacial score (nSPS) is 21.5. The zero-order chi connectivity index (χ0) is 21.5. The van der Waals surface area contributed by atoms with Crippen molar-refractivity contribution in [2.45, 2.75) is 44.6 Å². The van der Waals surface area contributed by atoms with Crippen LogP contribution >= 0.6 is 0 Å². The second kappa shape index (κ2) is 7.83. The SMILES string of the molecule is O=C1CCN(C(=O)c2cnn3c(C(F)F)cc(-c4ccccc4)nc23)[C@@H]2CCCC[C@H]12. The van der Waals surface area contributed by atoms with E-state index in [9.17, 15) is 18.4 Å². The van der Waals surface area contributed by atoms with Gasteiger partial charge in [0.15, 0.2) is 5.65 Å². The largest absolute Gasteiger partial charge is 0.334 e. The Morgan fingerprint density at radius 2 is 1.90 bits per heavy atom. The van der Waals surface area contributed by atoms with Crippen LogP contribution in [0.4, 0.5) is 8.78 Å². The minimum Gasteiger partial charge on any atom is -0.334 e. The number of amides is 1. The van der Waals surface area contributed by atoms with Crippen LogP contribution in [0.5, 0.6) is 0 Å². The number of Topliss-reactive ketones (excluding diaryl/α,β-unsaturated/α-hetero) is 1. The molecule has 2 atom stereocenters. The Morgan fingerprint density at radius 1 is 1.13 bits per heavy atom. The summed E-state index contributed by atoms with van der Waals surface area (Å²) in [5, 5.41) is 4.07. The molecule has 2 aliphatic rings. The third kappa shape index (κ3) is 3.40. The van der Waals surface area contributed by atoms with Crippen molar-refractivity contribution in [1.29, 1.82) is 0 Å². The molecule has 6 nitrogen and oxygen atoms in total. The first-order valence-electron chi connectivity index (χ1n) is 10.6. The van der Waals surface area contributed by atoms with Gasteiger partial charge in [-0.1, -0.05) is 43.2 Å². The number of carbonyl (C=O) groups excluding carboxylic acids is 2. The number of ketones is 1. The second-order valence-electron chi connectivity index (χ2n) is 8.20. The molecule has 1 saturated carbocycles. The molecule has 160 valence electrons. The van der Waals surface area contributed by atoms with Crippen LogP contribution in [-0.2, 0) is 4.79 Å². The number of likely N-dealkylation sites (tertiary alicyclic amines) is 1. The van der Waals surface area contributed by atoms with Crippen molar-refractivity contribution in [3.8, 4) is 11.3 Å². The minimum absolute atomic E-state index is 0.117. The summed E-state index contributed by atoms with van der Waals surface area (Å²) >= 11 is 0. The summed E-state index contributed by atoms with van der Waals surface area (Å²) in [6.45, 7) is 0.344. The second-order valence-corrected chi connectivity index (χ2v) is 8.20. The van der Waals surface area contributed by atoms with Crippen LogP contribution in [-0.4, -0.2) is 43.8 Å². The summed E-state index contributed by atoms with van der Waals surface area (Å²) in [5.74, 6) is -0.201. The number of nitrogens with zero attached hydrogens (tertiary/aromatic N) is 4. The number of carbonyl (C=O) groups is 2. The van der Waals surface area contributed by atoms with Gasteiger partial charge in [-0.15, -0.1) is 0 Å². The van der Waals surface area contributed by atoms with E-state index in [0.29, 0.717) is 24.2 Å². The molecule has 1 amide bonds. The molecular weight excluding hydrogens is 402 g/mol. The summed E-state index contributed by atoms with van der Waals surface area (Å²) in [5.41, 5.74) is 1.04. The first-order valence-corrected chi connectivity index (χ1v) is 10.6. The quantitative estimate of drug-likeness (QED) is 0.629. The summed E-state index contributed by atoms with van der Waals surface area (Å²) in [6, 6.07) is 10.2. The Hall–Kier alpha value is -3.16. The van der Waals surface area contributed by atoms with Crippen LogP contribution in [0.15, 0.2) is 42.6 Å². The topological polar surface area (TPSA) is 67.6 Å². The number of piperidine rings is 1. The Morgan fingerprint density at radius 3 is 2.68 bits per heavy atom. The highest BCUT2D eigenvalue weighted by atomic mass is 19.3. The first kappa shape index (κ1) is 19.8. The number of fused-ring (bicyclic) bond motifs is 2. The van der Waals surface area contributed by atoms with E-state index < -0.39 is 6.43 Å². The highest BCUT2D eigenvalue weighted by Gasteiger charge is 2.41. The minimum atomic E-state index is -2.77. The Balaban J connectivity index is 1.59. The zero-order valence-electron chi connectivity index (χ0n) is 16.9. The first-order chi connectivity index (χ1) is 15.0. The fourth-order valence-electron chi connectivity index (χ4n) is 4.90. The average Bonchev–Trinajstić information content (AvgIpc) is 3.23. The molecule has 31 heavy (non-hydrogen) atoms. The molecule has 1 aromatic carbocycles. The highest BCUT2D eigenvalue weighted by Crippen LogP contribution is 2.35. The third-order valence-electron chi connectivity index (χ3n) is 6.43. The van der Waals surface area contributed by atoms with Crippen LogP contribution in [0.1, 0.15) is 54.6 Å². The van der Waals surface area contributed by atoms with Gasteiger partial charge >= 0.3 is 0 Å². The van der Waals surface area contributed by atoms with Crippen LogP contribution < -0.4 is 0 Å². The number of alkyl halides is 2. The van der Waals surface area contributed by atoms with Gasteiger partial charge in [0.2, 0.25) is 0 Å². The van der Waals surface area contributed by atoms with E-state index in [-0.39, 0.29) is 40.6 Å². The molecule has 0 bridgehead atoms. The lowest BCUT2D eigenvalue weighted by Gasteiger charge is -2.43. The molecular formula is C23H22F2N4O2. The number of benzene rings is 1. The fraction of sp³-hybridized carbons (Fsp3) is 0.391. The summed E-state index contributed by atoms with van der Waals surface area (Å²) in [4.78, 5) is 32.1. The molecule has 8 heteroatoms. The molecule has 0 radical (unpaired) electrons. The van der Waals surface area contributed by atoms with Gasteiger partial charge < -0.3 is 4.90 Å². The molecule has 0 N–H and O–H groups in total. The van der Waals surface area contributed by atoms with Gasteiger partial charge in [-0.05, 0) is 18.9 Å². The number of rotatable bonds is 3. The maximum Gasteiger partial charge on any atom is 0.280 e. The van der Waals surface area contributed by atoms with E-state index >= 15 is 0 Å². The molecule has 1 aliphatic heterocycles. The fourth-order valence-corrected chi connectivity index (χ4v) is 4.90. The van der Waals surface area contributed by atoms with Gasteiger partial charge in [0, 0.05) is 30.5 Å². The summed E-state index contributed by atoms with van der Waals surface area (Å²) in [6.07, 6.45) is 2.42. The van der Waals surface area contributed by atoms with Crippen LogP contribution in [0.2, 0.25) is 0 Å². The molecule has 1 saturated heterocycles. The highest BCUT2D eigenvalue weighted by molar-refractivity contribution is 6.01. The van der Waals surface area contributed by atoms with E-state index in [4.69, 9.17) is 0 Å². The Bertz CT molecular complexity index is 1150. The van der Waals surface area contributed by atoms with Gasteiger partial charge in [0.1, 0.15) is 17.0 Å². The van der Waals surface area contributed by atoms with Crippen LogP contribution in [0.25, 0.3) is 16.9 Å². The van der Waals surface area contributed by atoms with E-state index in [1.54, 1.807) is 29.2 Å². The lowest BCUT2D eigenvalue weighted by molar-refractivity contribution is -0.129. The van der Waals surface area contributed by atoms with Crippen molar-refractivity contribution in [2.75, 3.05) is 6.54 Å². The average molecular weight is 424 g/mol. The smallest absolute Gasteiger partial charge is 0.280 e. The molecule has 0 unspecified atom stereocenters. The van der Waals surface area contributed by atoms with Crippen LogP contribution in [0, 0.1) is 5.92 Å². The van der Waals surface area contributed by atoms with Crippen LogP contribution in [0.3, 0.4) is 0 Å². The predicted octanol–water partition coefficient (Wildman–Crippen LogP) is 4.31. The van der Waals surface area contributed by atoms with E-state index in [1.165, 1.54) is 12.3 Å². The summed E-state index contributed by atoms with van der Waals surface area (Å²) < 4.78 is 28.7. The van der Waals surface area contributed by atoms with E-state index in [2.05, 4.69) is 10.1 Å². The number of halogens is 2. The zero-order valence-corrected chi connectivity index (χ0v) is 16.9. The number of hydrogen-bond donors (Lipinski definition) is 0. The monoisotopic (exact) mass is 424 g/mol. The van der Waals surface area contributed by atoms with Gasteiger partial charge in [0.05, 0.1) is 11.9 Å². The maximum absolute atomic E-state index is 13.8. The molecule has 2 aromatic heterocycles. The van der Waals surface area contributed by atoms with E-state index in [0.717, 1.165) is 30.2 Å². The van der Waals surface area contributed by atoms with Crippen molar-refractivity contribution in [3.63, 3.8) is 0 Å². The molecule has 3 heterocycles. The van der Waals surface area contributed by atoms with Crippen molar-refractivity contribution in [1.82, 2.24) is 19.5 Å². The van der Waals surface area contributed by atoms with Gasteiger partial charge in [0.25, 0.3) is 12.3 Å². The maximum atomic E-state index is 13.8. The summed E-state index contributed by atoms with van der Waals surface area (Å²) in [7, 11) is 0. The van der Waals surface area contributed by atoms with Crippen molar-refractivity contribution in [2.24, 2.45) is 5.92 Å². The van der Waals surface area contributed by atoms with Gasteiger partial charge in [-0.25, -0.2) is 18.3 Å². The predicted molar refractivity (Wildman–Crippen MR) is 110 cm³/mol. The molecule has 0 spiro atoms. The van der Waals surface area contributed by atoms with Gasteiger partial charge in [-0.2, -0.15) is 5.10 Å². The van der Waals surface area contributed by atoms with E-state index in [1.807, 2.05) is 6.07 Å². The van der Waals surface area contributed by atoms with Crippen molar-refractivity contribution in [3.05, 3.63) is 53.9 Å². The van der Waals surface area contributed by atoms with Crippen molar-refractivity contribution < 1.29 is 18.4 Å². The molecule has 2 fully saturated rings. The number of aromatic nitrogens is 3. The van der Waals surface area contributed by atoms with Gasteiger partial charge in [-0.3, -0.25) is 9.59 Å². The Labute approximate surface area is 177 Å². The molecule has 3 aromatic rings. The standard InChI is InChI=1S/C23H22F2N4O2/c24-21(25)19-12-17(14-6-2-1-3-7-14)27-22-16(13-26-29(19)22)23(31)28-11-10-20(30)15-8-4-5-9-18(15)28/h1-3,6-7,12-13,15,18,21H,4-5,8-11H2/t15-,18+/m0/s1. The lowest BCUT2D eigenvalue weighted by Crippen LogP contribution is -2.53. The Kier molecular flexibility index (Phi) is 5.00. The number of hydrogen-bond acceptors (Lipinski definition) is 4. The lowest BCUT2D eigenvalue weighted by atomic mass is 9.77.